The average Bonchev–Trinajstić information content (AvgIpc) is 3.02. The van der Waals surface area contributed by atoms with E-state index in [2.05, 4.69) is 10.3 Å². The van der Waals surface area contributed by atoms with Crippen molar-refractivity contribution in [3.8, 4) is 5.75 Å². The van der Waals surface area contributed by atoms with Crippen molar-refractivity contribution in [2.45, 2.75) is 25.4 Å². The van der Waals surface area contributed by atoms with Crippen molar-refractivity contribution in [2.24, 2.45) is 10.7 Å². The van der Waals surface area contributed by atoms with Gasteiger partial charge in [-0.2, -0.15) is 0 Å². The van der Waals surface area contributed by atoms with Crippen molar-refractivity contribution in [1.29, 1.82) is 0 Å². The second-order valence-corrected chi connectivity index (χ2v) is 9.51. The van der Waals surface area contributed by atoms with Crippen LogP contribution in [0.15, 0.2) is 82.9 Å². The van der Waals surface area contributed by atoms with Crippen LogP contribution in [0, 0.1) is 5.82 Å². The maximum atomic E-state index is 15.2. The first kappa shape index (κ1) is 27.8. The highest BCUT2D eigenvalue weighted by atomic mass is 35.5. The summed E-state index contributed by atoms with van der Waals surface area (Å²) in [6.07, 6.45) is 9.41. The normalized spacial score (nSPS) is 17.8. The summed E-state index contributed by atoms with van der Waals surface area (Å²) in [5.41, 5.74) is 9.36. The number of nitrogens with two attached hydrogens (primary N) is 1. The first-order valence-corrected chi connectivity index (χ1v) is 12.5. The van der Waals surface area contributed by atoms with E-state index < -0.39 is 24.4 Å². The van der Waals surface area contributed by atoms with Crippen molar-refractivity contribution in [3.05, 3.63) is 105 Å². The number of nitrogens with one attached hydrogen (secondary N) is 1. The Labute approximate surface area is 229 Å². The minimum atomic E-state index is -1.19. The first-order valence-electron chi connectivity index (χ1n) is 12.2. The Morgan fingerprint density at radius 2 is 2.08 bits per heavy atom. The van der Waals surface area contributed by atoms with Gasteiger partial charge in [0.25, 0.3) is 0 Å². The molecule has 8 nitrogen and oxygen atoms in total. The van der Waals surface area contributed by atoms with Gasteiger partial charge in [0.05, 0.1) is 23.4 Å². The van der Waals surface area contributed by atoms with Gasteiger partial charge in [0.1, 0.15) is 11.6 Å². The van der Waals surface area contributed by atoms with Gasteiger partial charge in [-0.15, -0.1) is 0 Å². The van der Waals surface area contributed by atoms with Gasteiger partial charge in [-0.3, -0.25) is 4.99 Å². The van der Waals surface area contributed by atoms with E-state index in [0.29, 0.717) is 33.8 Å². The Bertz CT molecular complexity index is 1460. The molecular weight excluding hydrogens is 525 g/mol. The molecule has 2 aliphatic rings. The molecule has 0 saturated carbocycles. The predicted molar refractivity (Wildman–Crippen MR) is 148 cm³/mol. The van der Waals surface area contributed by atoms with Gasteiger partial charge >= 0.3 is 11.9 Å². The van der Waals surface area contributed by atoms with Crippen LogP contribution < -0.4 is 15.8 Å². The van der Waals surface area contributed by atoms with E-state index in [0.717, 1.165) is 0 Å². The van der Waals surface area contributed by atoms with Gasteiger partial charge in [0, 0.05) is 33.9 Å². The number of carboxylic acid groups (broad SMARTS) is 2. The lowest BCUT2D eigenvalue weighted by molar-refractivity contribution is -0.139. The van der Waals surface area contributed by atoms with Crippen LogP contribution in [0.4, 0.5) is 4.39 Å². The quantitative estimate of drug-likeness (QED) is 0.364. The van der Waals surface area contributed by atoms with Crippen molar-refractivity contribution in [1.82, 2.24) is 5.32 Å². The molecule has 2 unspecified atom stereocenters. The SMILES string of the molecule is CC(/C=C\C1=C(N)c2ccc(Cl)cc2C(c2c(F)cccc2OCC(=O)O)=NC1)NC1C=CC(C(=O)O)=CC1. The summed E-state index contributed by atoms with van der Waals surface area (Å²) >= 11 is 6.29. The van der Waals surface area contributed by atoms with Crippen LogP contribution in [-0.4, -0.2) is 53.1 Å². The van der Waals surface area contributed by atoms with Gasteiger partial charge in [-0.1, -0.05) is 54.1 Å². The molecule has 0 spiro atoms. The van der Waals surface area contributed by atoms with Crippen LogP contribution in [0.1, 0.15) is 30.0 Å². The molecule has 0 radical (unpaired) electrons. The number of aliphatic imine (C=N–C) groups is 1. The minimum absolute atomic E-state index is 0.0215. The van der Waals surface area contributed by atoms with E-state index in [1.165, 1.54) is 18.2 Å². The maximum absolute atomic E-state index is 15.2. The largest absolute Gasteiger partial charge is 0.481 e. The van der Waals surface area contributed by atoms with Crippen LogP contribution in [0.3, 0.4) is 0 Å². The highest BCUT2D eigenvalue weighted by Gasteiger charge is 2.25. The monoisotopic (exact) mass is 551 g/mol. The zero-order valence-corrected chi connectivity index (χ0v) is 21.8. The fourth-order valence-electron chi connectivity index (χ4n) is 4.36. The summed E-state index contributed by atoms with van der Waals surface area (Å²) in [5.74, 6) is -2.73. The number of fused-ring (bicyclic) bond motifs is 1. The van der Waals surface area contributed by atoms with Crippen molar-refractivity contribution in [3.63, 3.8) is 0 Å². The molecule has 0 saturated heterocycles. The summed E-state index contributed by atoms with van der Waals surface area (Å²) in [6.45, 7) is 1.44. The Morgan fingerprint density at radius 3 is 2.77 bits per heavy atom. The van der Waals surface area contributed by atoms with Gasteiger partial charge in [-0.25, -0.2) is 14.0 Å². The van der Waals surface area contributed by atoms with E-state index in [4.69, 9.17) is 32.3 Å². The van der Waals surface area contributed by atoms with E-state index in [1.807, 2.05) is 25.2 Å². The van der Waals surface area contributed by atoms with E-state index in [-0.39, 0.29) is 41.2 Å². The number of benzene rings is 2. The second kappa shape index (κ2) is 12.1. The van der Waals surface area contributed by atoms with Gasteiger partial charge in [0.2, 0.25) is 0 Å². The van der Waals surface area contributed by atoms with Crippen LogP contribution in [0.25, 0.3) is 5.70 Å². The molecule has 2 atom stereocenters. The highest BCUT2D eigenvalue weighted by molar-refractivity contribution is 6.31. The third kappa shape index (κ3) is 6.63. The van der Waals surface area contributed by atoms with E-state index in [9.17, 15) is 9.59 Å². The van der Waals surface area contributed by atoms with Crippen molar-refractivity contribution < 1.29 is 28.9 Å². The summed E-state index contributed by atoms with van der Waals surface area (Å²) in [4.78, 5) is 26.9. The number of nitrogens with zero attached hydrogens (tertiary/aromatic N) is 1. The second-order valence-electron chi connectivity index (χ2n) is 9.07. The Kier molecular flexibility index (Phi) is 8.63. The van der Waals surface area contributed by atoms with E-state index in [1.54, 1.807) is 30.4 Å². The lowest BCUT2D eigenvalue weighted by atomic mass is 9.94. The molecule has 1 heterocycles. The maximum Gasteiger partial charge on any atom is 0.341 e. The number of ether oxygens (including phenoxy) is 1. The molecule has 1 aliphatic heterocycles. The lowest BCUT2D eigenvalue weighted by Gasteiger charge is -2.20. The molecule has 0 fully saturated rings. The number of halogens is 2. The number of carbonyl (C=O) groups is 2. The molecule has 39 heavy (non-hydrogen) atoms. The number of aliphatic carboxylic acids is 2. The van der Waals surface area contributed by atoms with Gasteiger partial charge in [0.15, 0.2) is 6.61 Å². The molecule has 5 N–H and O–H groups in total. The molecule has 0 bridgehead atoms. The number of hydrogen-bond donors (Lipinski definition) is 4. The fourth-order valence-corrected chi connectivity index (χ4v) is 4.53. The number of rotatable bonds is 9. The first-order chi connectivity index (χ1) is 18.6. The fraction of sp³-hybridized carbons (Fsp3) is 0.207. The van der Waals surface area contributed by atoms with Gasteiger partial charge in [-0.05, 0) is 43.2 Å². The minimum Gasteiger partial charge on any atom is -0.481 e. The smallest absolute Gasteiger partial charge is 0.341 e. The topological polar surface area (TPSA) is 134 Å². The zero-order chi connectivity index (χ0) is 28.1. The van der Waals surface area contributed by atoms with E-state index >= 15 is 4.39 Å². The molecule has 10 heteroatoms. The van der Waals surface area contributed by atoms with Crippen molar-refractivity contribution in [2.75, 3.05) is 13.2 Å². The summed E-state index contributed by atoms with van der Waals surface area (Å²) < 4.78 is 20.6. The molecule has 4 rings (SSSR count). The molecule has 1 aliphatic carbocycles. The summed E-state index contributed by atoms with van der Waals surface area (Å²) in [6, 6.07) is 9.12. The zero-order valence-electron chi connectivity index (χ0n) is 21.0. The van der Waals surface area contributed by atoms with Crippen LogP contribution in [-0.2, 0) is 9.59 Å². The third-order valence-corrected chi connectivity index (χ3v) is 6.49. The summed E-state index contributed by atoms with van der Waals surface area (Å²) in [5, 5.41) is 22.0. The highest BCUT2D eigenvalue weighted by Crippen LogP contribution is 2.33. The molecule has 202 valence electrons. The summed E-state index contributed by atoms with van der Waals surface area (Å²) in [7, 11) is 0. The lowest BCUT2D eigenvalue weighted by Crippen LogP contribution is -2.34. The van der Waals surface area contributed by atoms with Gasteiger partial charge < -0.3 is 26.0 Å². The third-order valence-electron chi connectivity index (χ3n) is 6.25. The Hall–Kier alpha value is -4.21. The van der Waals surface area contributed by atoms with Crippen LogP contribution in [0.5, 0.6) is 5.75 Å². The predicted octanol–water partition coefficient (Wildman–Crippen LogP) is 4.34. The Morgan fingerprint density at radius 1 is 1.28 bits per heavy atom. The average molecular weight is 552 g/mol. The number of hydrogen-bond acceptors (Lipinski definition) is 6. The Balaban J connectivity index is 1.64. The molecule has 2 aromatic carbocycles. The van der Waals surface area contributed by atoms with Crippen LogP contribution >= 0.6 is 11.6 Å². The molecule has 2 aromatic rings. The molecule has 0 amide bonds. The van der Waals surface area contributed by atoms with Crippen LogP contribution in [0.2, 0.25) is 5.02 Å². The number of carboxylic acids is 2. The molecular formula is C29H27ClFN3O5. The van der Waals surface area contributed by atoms with Crippen molar-refractivity contribution >= 4 is 34.9 Å². The molecule has 0 aromatic heterocycles. The standard InChI is InChI=1S/C29H27ClFN3O5/c1-16(34-20-10-7-17(8-11-20)29(37)38)5-6-18-14-33-28(22-13-19(30)9-12-21(22)27(18)32)26-23(31)3-2-4-24(26)39-15-25(35)36/h2-10,12-13,16,20,34H,11,14-15,32H2,1H3,(H,35,36)(H,37,38)/b6-5-.